The summed E-state index contributed by atoms with van der Waals surface area (Å²) in [5.41, 5.74) is 6.36. The molecular formula is C28H31N3O5. The Morgan fingerprint density at radius 3 is 2.08 bits per heavy atom. The second-order valence-electron chi connectivity index (χ2n) is 8.21. The fourth-order valence-electron chi connectivity index (χ4n) is 3.92. The summed E-state index contributed by atoms with van der Waals surface area (Å²) >= 11 is 0. The van der Waals surface area contributed by atoms with E-state index in [4.69, 9.17) is 9.84 Å². The Hall–Kier alpha value is -4.17. The number of aliphatic hydroxyl groups excluding tert-OH is 1. The van der Waals surface area contributed by atoms with E-state index in [1.807, 2.05) is 31.2 Å². The lowest BCUT2D eigenvalue weighted by atomic mass is 9.98. The molecule has 8 heteroatoms. The van der Waals surface area contributed by atoms with E-state index in [0.717, 1.165) is 5.56 Å². The summed E-state index contributed by atoms with van der Waals surface area (Å²) in [6.07, 6.45) is 0.133. The largest absolute Gasteiger partial charge is 0.449 e. The van der Waals surface area contributed by atoms with E-state index >= 15 is 0 Å². The zero-order chi connectivity index (χ0) is 25.9. The Bertz CT molecular complexity index is 1130. The van der Waals surface area contributed by atoms with Crippen molar-refractivity contribution in [2.24, 2.45) is 0 Å². The van der Waals surface area contributed by atoms with E-state index < -0.39 is 6.04 Å². The highest BCUT2D eigenvalue weighted by Crippen LogP contribution is 2.44. The number of carbonyl (C=O) groups excluding carboxylic acids is 3. The molecule has 1 unspecified atom stereocenters. The monoisotopic (exact) mass is 489 g/mol. The van der Waals surface area contributed by atoms with Crippen LogP contribution >= 0.6 is 0 Å². The van der Waals surface area contributed by atoms with Gasteiger partial charge in [-0.3, -0.25) is 9.59 Å². The number of hydrogen-bond acceptors (Lipinski definition) is 5. The van der Waals surface area contributed by atoms with Crippen molar-refractivity contribution in [2.75, 3.05) is 18.5 Å². The van der Waals surface area contributed by atoms with Gasteiger partial charge in [0.1, 0.15) is 12.6 Å². The van der Waals surface area contributed by atoms with Gasteiger partial charge in [-0.2, -0.15) is 0 Å². The number of aliphatic hydroxyl groups is 1. The molecule has 0 aliphatic heterocycles. The van der Waals surface area contributed by atoms with E-state index in [0.29, 0.717) is 25.2 Å². The molecule has 0 spiro atoms. The number of anilines is 1. The van der Waals surface area contributed by atoms with Crippen molar-refractivity contribution in [3.8, 4) is 11.1 Å². The molecule has 4 rings (SSSR count). The standard InChI is InChI=1S/C17H17NO2.C11H14N2O3/c1-2-18-17(19)20-11-16-14-9-5-3-7-12(14)13-8-4-6-10-15(13)16;1-8(12-7-15)11(16)13-10-4-2-9(6-14)3-5-10/h3-10,16H,2,11H2,1H3,(H,18,19);2-5,7-8,14H,6H2,1H3,(H,12,15)(H,13,16). The molecular weight excluding hydrogens is 458 g/mol. The third-order valence-electron chi connectivity index (χ3n) is 5.78. The van der Waals surface area contributed by atoms with Crippen LogP contribution in [-0.4, -0.2) is 42.7 Å². The van der Waals surface area contributed by atoms with Crippen molar-refractivity contribution in [2.45, 2.75) is 32.4 Å². The van der Waals surface area contributed by atoms with Gasteiger partial charge in [0.05, 0.1) is 6.61 Å². The minimum Gasteiger partial charge on any atom is -0.449 e. The minimum atomic E-state index is -0.574. The predicted molar refractivity (Wildman–Crippen MR) is 138 cm³/mol. The fraction of sp³-hybridized carbons (Fsp3) is 0.250. The number of fused-ring (bicyclic) bond motifs is 3. The predicted octanol–water partition coefficient (Wildman–Crippen LogP) is 3.80. The molecule has 3 amide bonds. The first-order chi connectivity index (χ1) is 17.5. The van der Waals surface area contributed by atoms with Gasteiger partial charge in [0, 0.05) is 18.2 Å². The number of rotatable bonds is 8. The van der Waals surface area contributed by atoms with E-state index in [1.54, 1.807) is 31.2 Å². The lowest BCUT2D eigenvalue weighted by Crippen LogP contribution is -2.37. The SMILES string of the molecule is CC(NC=O)C(=O)Nc1ccc(CO)cc1.CCNC(=O)OCC1c2ccccc2-c2ccccc21. The van der Waals surface area contributed by atoms with Crippen LogP contribution in [0.3, 0.4) is 0 Å². The van der Waals surface area contributed by atoms with Gasteiger partial charge in [0.15, 0.2) is 0 Å². The number of benzene rings is 3. The molecule has 1 atom stereocenters. The van der Waals surface area contributed by atoms with Crippen LogP contribution in [0.1, 0.15) is 36.5 Å². The second kappa shape index (κ2) is 13.1. The van der Waals surface area contributed by atoms with Gasteiger partial charge in [0.25, 0.3) is 0 Å². The summed E-state index contributed by atoms with van der Waals surface area (Å²) in [5.74, 6) is -0.158. The minimum absolute atomic E-state index is 0.0304. The van der Waals surface area contributed by atoms with Gasteiger partial charge in [-0.15, -0.1) is 0 Å². The van der Waals surface area contributed by atoms with Crippen molar-refractivity contribution in [3.63, 3.8) is 0 Å². The van der Waals surface area contributed by atoms with Gasteiger partial charge in [-0.1, -0.05) is 60.7 Å². The Labute approximate surface area is 210 Å². The van der Waals surface area contributed by atoms with Crippen LogP contribution in [0.4, 0.5) is 10.5 Å². The molecule has 3 aromatic carbocycles. The third-order valence-corrected chi connectivity index (χ3v) is 5.78. The maximum atomic E-state index is 11.5. The highest BCUT2D eigenvalue weighted by Gasteiger charge is 2.28. The number of ether oxygens (including phenoxy) is 1. The van der Waals surface area contributed by atoms with Crippen LogP contribution < -0.4 is 16.0 Å². The Morgan fingerprint density at radius 1 is 0.972 bits per heavy atom. The summed E-state index contributed by atoms with van der Waals surface area (Å²) < 4.78 is 5.33. The molecule has 8 nitrogen and oxygen atoms in total. The molecule has 36 heavy (non-hydrogen) atoms. The highest BCUT2D eigenvalue weighted by atomic mass is 16.5. The fourth-order valence-corrected chi connectivity index (χ4v) is 3.92. The number of nitrogens with one attached hydrogen (secondary N) is 3. The van der Waals surface area contributed by atoms with Gasteiger partial charge >= 0.3 is 6.09 Å². The average Bonchev–Trinajstić information content (AvgIpc) is 3.22. The summed E-state index contributed by atoms with van der Waals surface area (Å²) in [5, 5.41) is 16.5. The highest BCUT2D eigenvalue weighted by molar-refractivity contribution is 5.95. The molecule has 0 heterocycles. The number of amides is 3. The van der Waals surface area contributed by atoms with Crippen molar-refractivity contribution >= 4 is 24.1 Å². The zero-order valence-corrected chi connectivity index (χ0v) is 20.4. The number of carbonyl (C=O) groups is 3. The number of hydrogen-bond donors (Lipinski definition) is 4. The zero-order valence-electron chi connectivity index (χ0n) is 20.4. The molecule has 0 aromatic heterocycles. The normalized spacial score (nSPS) is 12.2. The molecule has 0 radical (unpaired) electrons. The lowest BCUT2D eigenvalue weighted by molar-refractivity contribution is -0.120. The van der Waals surface area contributed by atoms with E-state index in [2.05, 4.69) is 40.2 Å². The van der Waals surface area contributed by atoms with Crippen molar-refractivity contribution < 1.29 is 24.2 Å². The van der Waals surface area contributed by atoms with Gasteiger partial charge in [0.2, 0.25) is 12.3 Å². The smallest absolute Gasteiger partial charge is 0.407 e. The van der Waals surface area contributed by atoms with Crippen LogP contribution in [0.25, 0.3) is 11.1 Å². The van der Waals surface area contributed by atoms with E-state index in [-0.39, 0.29) is 24.5 Å². The lowest BCUT2D eigenvalue weighted by Gasteiger charge is -2.14. The van der Waals surface area contributed by atoms with Crippen molar-refractivity contribution in [3.05, 3.63) is 89.5 Å². The molecule has 188 valence electrons. The second-order valence-corrected chi connectivity index (χ2v) is 8.21. The van der Waals surface area contributed by atoms with Gasteiger partial charge < -0.3 is 25.8 Å². The summed E-state index contributed by atoms with van der Waals surface area (Å²) in [6, 6.07) is 22.9. The van der Waals surface area contributed by atoms with Crippen molar-refractivity contribution in [1.29, 1.82) is 0 Å². The van der Waals surface area contributed by atoms with E-state index in [9.17, 15) is 14.4 Å². The quantitative estimate of drug-likeness (QED) is 0.359. The molecule has 1 aliphatic rings. The van der Waals surface area contributed by atoms with E-state index in [1.165, 1.54) is 22.3 Å². The Balaban J connectivity index is 0.000000207. The van der Waals surface area contributed by atoms with Gasteiger partial charge in [-0.05, 0) is 53.8 Å². The third kappa shape index (κ3) is 6.70. The van der Waals surface area contributed by atoms with Crippen molar-refractivity contribution in [1.82, 2.24) is 10.6 Å². The maximum absolute atomic E-state index is 11.5. The van der Waals surface area contributed by atoms with Crippen LogP contribution in [0.5, 0.6) is 0 Å². The molecule has 0 saturated heterocycles. The first-order valence-electron chi connectivity index (χ1n) is 11.8. The summed E-state index contributed by atoms with van der Waals surface area (Å²) in [7, 11) is 0. The summed E-state index contributed by atoms with van der Waals surface area (Å²) in [6.45, 7) is 4.39. The van der Waals surface area contributed by atoms with Crippen LogP contribution in [0.2, 0.25) is 0 Å². The molecule has 4 N–H and O–H groups in total. The topological polar surface area (TPSA) is 117 Å². The Morgan fingerprint density at radius 2 is 1.56 bits per heavy atom. The molecule has 0 fully saturated rings. The molecule has 0 bridgehead atoms. The Kier molecular flexibility index (Phi) is 9.59. The van der Waals surface area contributed by atoms with Crippen LogP contribution in [0.15, 0.2) is 72.8 Å². The molecule has 3 aromatic rings. The average molecular weight is 490 g/mol. The first-order valence-corrected chi connectivity index (χ1v) is 11.8. The number of alkyl carbamates (subject to hydrolysis) is 1. The molecule has 0 saturated carbocycles. The van der Waals surface area contributed by atoms with Gasteiger partial charge in [-0.25, -0.2) is 4.79 Å². The summed E-state index contributed by atoms with van der Waals surface area (Å²) in [4.78, 5) is 33.1. The molecule has 1 aliphatic carbocycles. The maximum Gasteiger partial charge on any atom is 0.407 e. The van der Waals surface area contributed by atoms with Crippen LogP contribution in [-0.2, 0) is 20.9 Å². The van der Waals surface area contributed by atoms with Crippen LogP contribution in [0, 0.1) is 0 Å². The first kappa shape index (κ1) is 26.4.